The summed E-state index contributed by atoms with van der Waals surface area (Å²) in [6, 6.07) is 8.96. The summed E-state index contributed by atoms with van der Waals surface area (Å²) >= 11 is 3.46. The summed E-state index contributed by atoms with van der Waals surface area (Å²) in [6.45, 7) is 6.42. The van der Waals surface area contributed by atoms with Gasteiger partial charge in [0, 0.05) is 12.5 Å². The van der Waals surface area contributed by atoms with Crippen molar-refractivity contribution in [2.75, 3.05) is 0 Å². The normalized spacial score (nSPS) is 11.2. The van der Waals surface area contributed by atoms with Crippen molar-refractivity contribution in [3.63, 3.8) is 0 Å². The lowest BCUT2D eigenvalue weighted by atomic mass is 10.1. The molecule has 3 nitrogen and oxygen atoms in total. The number of halogens is 1. The van der Waals surface area contributed by atoms with Crippen LogP contribution in [-0.4, -0.2) is 14.8 Å². The SMILES string of the molecule is Cc1ccc(Cc2nnc(CBr)n2C(C)C)cc1. The quantitative estimate of drug-likeness (QED) is 0.807. The van der Waals surface area contributed by atoms with Crippen LogP contribution >= 0.6 is 15.9 Å². The third-order valence-electron chi connectivity index (χ3n) is 2.96. The Bertz CT molecular complexity index is 514. The maximum absolute atomic E-state index is 4.31. The number of aromatic nitrogens is 3. The van der Waals surface area contributed by atoms with Crippen LogP contribution in [0.2, 0.25) is 0 Å². The molecule has 4 heteroatoms. The molecule has 0 fully saturated rings. The average molecular weight is 308 g/mol. The zero-order chi connectivity index (χ0) is 13.1. The van der Waals surface area contributed by atoms with Gasteiger partial charge in [0.1, 0.15) is 11.6 Å². The second-order valence-electron chi connectivity index (χ2n) is 4.79. The molecule has 0 bridgehead atoms. The van der Waals surface area contributed by atoms with Gasteiger partial charge in [-0.3, -0.25) is 0 Å². The molecular weight excluding hydrogens is 290 g/mol. The fraction of sp³-hybridized carbons (Fsp3) is 0.429. The molecule has 0 aliphatic carbocycles. The number of hydrogen-bond acceptors (Lipinski definition) is 2. The van der Waals surface area contributed by atoms with E-state index in [2.05, 4.69) is 75.7 Å². The van der Waals surface area contributed by atoms with E-state index in [0.717, 1.165) is 23.4 Å². The van der Waals surface area contributed by atoms with Crippen molar-refractivity contribution >= 4 is 15.9 Å². The van der Waals surface area contributed by atoms with Crippen molar-refractivity contribution in [2.24, 2.45) is 0 Å². The maximum Gasteiger partial charge on any atom is 0.143 e. The first kappa shape index (κ1) is 13.3. The topological polar surface area (TPSA) is 30.7 Å². The molecular formula is C14H18BrN3. The summed E-state index contributed by atoms with van der Waals surface area (Å²) in [7, 11) is 0. The van der Waals surface area contributed by atoms with E-state index in [1.807, 2.05) is 0 Å². The molecule has 1 aromatic carbocycles. The Kier molecular flexibility index (Phi) is 4.17. The van der Waals surface area contributed by atoms with Crippen LogP contribution in [0.15, 0.2) is 24.3 Å². The first-order valence-corrected chi connectivity index (χ1v) is 7.28. The fourth-order valence-corrected chi connectivity index (χ4v) is 2.44. The van der Waals surface area contributed by atoms with Gasteiger partial charge in [-0.2, -0.15) is 0 Å². The van der Waals surface area contributed by atoms with Gasteiger partial charge in [-0.1, -0.05) is 45.8 Å². The van der Waals surface area contributed by atoms with Crippen molar-refractivity contribution in [3.8, 4) is 0 Å². The minimum absolute atomic E-state index is 0.382. The molecule has 0 saturated heterocycles. The van der Waals surface area contributed by atoms with Crippen LogP contribution in [0.1, 0.15) is 42.7 Å². The predicted molar refractivity (Wildman–Crippen MR) is 77.0 cm³/mol. The van der Waals surface area contributed by atoms with E-state index < -0.39 is 0 Å². The van der Waals surface area contributed by atoms with Crippen LogP contribution in [0.3, 0.4) is 0 Å². The molecule has 0 spiro atoms. The minimum Gasteiger partial charge on any atom is -0.311 e. The molecule has 0 aliphatic rings. The van der Waals surface area contributed by atoms with Crippen molar-refractivity contribution in [1.29, 1.82) is 0 Å². The lowest BCUT2D eigenvalue weighted by molar-refractivity contribution is 0.558. The van der Waals surface area contributed by atoms with Gasteiger partial charge in [0.05, 0.1) is 5.33 Å². The third kappa shape index (κ3) is 2.80. The second-order valence-corrected chi connectivity index (χ2v) is 5.35. The van der Waals surface area contributed by atoms with Crippen LogP contribution in [0, 0.1) is 6.92 Å². The Labute approximate surface area is 116 Å². The van der Waals surface area contributed by atoms with Gasteiger partial charge in [-0.25, -0.2) is 0 Å². The van der Waals surface area contributed by atoms with Crippen LogP contribution < -0.4 is 0 Å². The highest BCUT2D eigenvalue weighted by Crippen LogP contribution is 2.17. The standard InChI is InChI=1S/C14H18BrN3/c1-10(2)18-13(16-17-14(18)9-15)8-12-6-4-11(3)5-7-12/h4-7,10H,8-9H2,1-3H3. The summed E-state index contributed by atoms with van der Waals surface area (Å²) in [6.07, 6.45) is 0.832. The van der Waals surface area contributed by atoms with Gasteiger partial charge >= 0.3 is 0 Å². The van der Waals surface area contributed by atoms with Crippen molar-refractivity contribution < 1.29 is 0 Å². The molecule has 1 heterocycles. The van der Waals surface area contributed by atoms with Crippen molar-refractivity contribution in [2.45, 2.75) is 38.6 Å². The van der Waals surface area contributed by atoms with E-state index in [-0.39, 0.29) is 0 Å². The zero-order valence-electron chi connectivity index (χ0n) is 11.0. The molecule has 0 saturated carbocycles. The number of hydrogen-bond donors (Lipinski definition) is 0. The smallest absolute Gasteiger partial charge is 0.143 e. The Hall–Kier alpha value is -1.16. The number of alkyl halides is 1. The van der Waals surface area contributed by atoms with E-state index >= 15 is 0 Å². The van der Waals surface area contributed by atoms with Crippen molar-refractivity contribution in [1.82, 2.24) is 14.8 Å². The van der Waals surface area contributed by atoms with E-state index in [0.29, 0.717) is 6.04 Å². The summed E-state index contributed by atoms with van der Waals surface area (Å²) < 4.78 is 2.20. The fourth-order valence-electron chi connectivity index (χ4n) is 2.06. The number of aryl methyl sites for hydroxylation is 1. The van der Waals surface area contributed by atoms with Crippen LogP contribution in [0.25, 0.3) is 0 Å². The molecule has 18 heavy (non-hydrogen) atoms. The van der Waals surface area contributed by atoms with E-state index in [9.17, 15) is 0 Å². The third-order valence-corrected chi connectivity index (χ3v) is 3.46. The van der Waals surface area contributed by atoms with Crippen molar-refractivity contribution in [3.05, 3.63) is 47.0 Å². The zero-order valence-corrected chi connectivity index (χ0v) is 12.6. The first-order valence-electron chi connectivity index (χ1n) is 6.16. The maximum atomic E-state index is 4.31. The Morgan fingerprint density at radius 3 is 2.28 bits per heavy atom. The Morgan fingerprint density at radius 1 is 1.11 bits per heavy atom. The highest BCUT2D eigenvalue weighted by atomic mass is 79.9. The predicted octanol–water partition coefficient (Wildman–Crippen LogP) is 3.65. The minimum atomic E-state index is 0.382. The molecule has 0 atom stereocenters. The van der Waals surface area contributed by atoms with Gasteiger partial charge in [-0.15, -0.1) is 10.2 Å². The highest BCUT2D eigenvalue weighted by molar-refractivity contribution is 9.08. The van der Waals surface area contributed by atoms with Gasteiger partial charge in [0.15, 0.2) is 0 Å². The largest absolute Gasteiger partial charge is 0.311 e. The lowest BCUT2D eigenvalue weighted by Gasteiger charge is -2.13. The summed E-state index contributed by atoms with van der Waals surface area (Å²) in [4.78, 5) is 0. The van der Waals surface area contributed by atoms with Gasteiger partial charge < -0.3 is 4.57 Å². The van der Waals surface area contributed by atoms with Crippen LogP contribution in [-0.2, 0) is 11.8 Å². The molecule has 0 aliphatic heterocycles. The number of nitrogens with zero attached hydrogens (tertiary/aromatic N) is 3. The summed E-state index contributed by atoms with van der Waals surface area (Å²) in [5.41, 5.74) is 2.56. The van der Waals surface area contributed by atoms with Crippen LogP contribution in [0.5, 0.6) is 0 Å². The van der Waals surface area contributed by atoms with Gasteiger partial charge in [0.2, 0.25) is 0 Å². The molecule has 96 valence electrons. The molecule has 0 N–H and O–H groups in total. The second kappa shape index (κ2) is 5.65. The number of benzene rings is 1. The van der Waals surface area contributed by atoms with Gasteiger partial charge in [-0.05, 0) is 26.3 Å². The van der Waals surface area contributed by atoms with E-state index in [4.69, 9.17) is 0 Å². The monoisotopic (exact) mass is 307 g/mol. The highest BCUT2D eigenvalue weighted by Gasteiger charge is 2.13. The molecule has 2 aromatic rings. The lowest BCUT2D eigenvalue weighted by Crippen LogP contribution is -2.09. The Morgan fingerprint density at radius 2 is 1.72 bits per heavy atom. The Balaban J connectivity index is 2.28. The molecule has 0 radical (unpaired) electrons. The van der Waals surface area contributed by atoms with Crippen LogP contribution in [0.4, 0.5) is 0 Å². The molecule has 1 aromatic heterocycles. The van der Waals surface area contributed by atoms with E-state index in [1.54, 1.807) is 0 Å². The average Bonchev–Trinajstić information content (AvgIpc) is 2.75. The summed E-state index contributed by atoms with van der Waals surface area (Å²) in [5.74, 6) is 2.02. The first-order chi connectivity index (χ1) is 8.61. The number of rotatable bonds is 4. The van der Waals surface area contributed by atoms with Gasteiger partial charge in [0.25, 0.3) is 0 Å². The van der Waals surface area contributed by atoms with E-state index in [1.165, 1.54) is 11.1 Å². The summed E-state index contributed by atoms with van der Waals surface area (Å²) in [5, 5.41) is 9.29. The molecule has 2 rings (SSSR count). The molecule has 0 unspecified atom stereocenters. The molecule has 0 amide bonds.